The summed E-state index contributed by atoms with van der Waals surface area (Å²) in [7, 11) is 0. The zero-order valence-electron chi connectivity index (χ0n) is 23.2. The number of ether oxygens (including phenoxy) is 1. The van der Waals surface area contributed by atoms with Crippen LogP contribution in [0.4, 0.5) is 4.39 Å². The van der Waals surface area contributed by atoms with E-state index in [4.69, 9.17) is 4.74 Å². The summed E-state index contributed by atoms with van der Waals surface area (Å²) < 4.78 is 20.9. The maximum atomic E-state index is 15.3. The molecular weight excluding hydrogens is 473 g/mol. The van der Waals surface area contributed by atoms with Gasteiger partial charge in [0.1, 0.15) is 18.2 Å². The lowest BCUT2D eigenvalue weighted by molar-refractivity contribution is -0.116. The molecule has 2 fully saturated rings. The molecule has 0 atom stereocenters. The molecule has 0 heterocycles. The molecule has 0 aromatic heterocycles. The van der Waals surface area contributed by atoms with Gasteiger partial charge in [0, 0.05) is 0 Å². The average Bonchev–Trinajstić information content (AvgIpc) is 2.96. The standard InChI is InChI=1S/C34H46FNO2/c1-3-5-6-7-25-8-10-26(11-9-25)27-12-14-29(15-13-27)32-21-18-30(24-33(32)35)28-16-19-31(20-17-28)38-23-22-36-34(37)4-2/h4,16-21,24-27,29H,2-3,5-15,22-23H2,1H3,(H,36,37). The van der Waals surface area contributed by atoms with Crippen LogP contribution < -0.4 is 10.1 Å². The van der Waals surface area contributed by atoms with Crippen molar-refractivity contribution in [2.75, 3.05) is 13.2 Å². The van der Waals surface area contributed by atoms with Gasteiger partial charge in [-0.3, -0.25) is 4.79 Å². The summed E-state index contributed by atoms with van der Waals surface area (Å²) in [5.41, 5.74) is 2.76. The molecule has 0 aliphatic heterocycles. The highest BCUT2D eigenvalue weighted by Gasteiger charge is 2.31. The molecule has 4 heteroatoms. The second kappa shape index (κ2) is 14.5. The largest absolute Gasteiger partial charge is 0.492 e. The van der Waals surface area contributed by atoms with Crippen LogP contribution in [0, 0.1) is 23.6 Å². The highest BCUT2D eigenvalue weighted by Crippen LogP contribution is 2.45. The van der Waals surface area contributed by atoms with Gasteiger partial charge in [-0.25, -0.2) is 4.39 Å². The van der Waals surface area contributed by atoms with Crippen LogP contribution in [-0.2, 0) is 4.79 Å². The van der Waals surface area contributed by atoms with E-state index in [0.29, 0.717) is 19.1 Å². The SMILES string of the molecule is C=CC(=O)NCCOc1ccc(-c2ccc(C3CCC(C4CCC(CCCCC)CC4)CC3)c(F)c2)cc1. The number of unbranched alkanes of at least 4 members (excludes halogenated alkanes) is 2. The minimum Gasteiger partial charge on any atom is -0.492 e. The molecule has 2 aromatic rings. The molecule has 0 radical (unpaired) electrons. The minimum atomic E-state index is -0.210. The minimum absolute atomic E-state index is 0.0724. The van der Waals surface area contributed by atoms with E-state index < -0.39 is 0 Å². The summed E-state index contributed by atoms with van der Waals surface area (Å²) in [6.07, 6.45) is 17.3. The monoisotopic (exact) mass is 519 g/mol. The van der Waals surface area contributed by atoms with Gasteiger partial charge in [0.2, 0.25) is 5.91 Å². The van der Waals surface area contributed by atoms with E-state index in [9.17, 15) is 4.79 Å². The van der Waals surface area contributed by atoms with E-state index in [2.05, 4.69) is 24.9 Å². The second-order valence-corrected chi connectivity index (χ2v) is 11.5. The lowest BCUT2D eigenvalue weighted by Gasteiger charge is -2.38. The topological polar surface area (TPSA) is 38.3 Å². The molecule has 0 unspecified atom stereocenters. The quantitative estimate of drug-likeness (QED) is 0.225. The van der Waals surface area contributed by atoms with E-state index in [0.717, 1.165) is 53.0 Å². The predicted octanol–water partition coefficient (Wildman–Crippen LogP) is 8.83. The molecule has 4 rings (SSSR count). The van der Waals surface area contributed by atoms with E-state index in [1.807, 2.05) is 30.3 Å². The van der Waals surface area contributed by atoms with Crippen molar-refractivity contribution in [1.82, 2.24) is 5.32 Å². The third-order valence-electron chi connectivity index (χ3n) is 9.03. The Morgan fingerprint density at radius 2 is 1.61 bits per heavy atom. The normalized spacial score (nSPS) is 23.5. The van der Waals surface area contributed by atoms with Crippen molar-refractivity contribution < 1.29 is 13.9 Å². The fraction of sp³-hybridized carbons (Fsp3) is 0.559. The number of carbonyl (C=O) groups excluding carboxylic acids is 1. The van der Waals surface area contributed by atoms with Gasteiger partial charge in [0.05, 0.1) is 6.54 Å². The second-order valence-electron chi connectivity index (χ2n) is 11.5. The molecule has 2 aliphatic carbocycles. The van der Waals surface area contributed by atoms with Gasteiger partial charge in [-0.2, -0.15) is 0 Å². The maximum Gasteiger partial charge on any atom is 0.243 e. The van der Waals surface area contributed by atoms with Crippen molar-refractivity contribution in [1.29, 1.82) is 0 Å². The molecule has 2 saturated carbocycles. The lowest BCUT2D eigenvalue weighted by atomic mass is 9.68. The van der Waals surface area contributed by atoms with Crippen molar-refractivity contribution in [3.05, 3.63) is 66.5 Å². The van der Waals surface area contributed by atoms with Crippen molar-refractivity contribution in [2.24, 2.45) is 17.8 Å². The van der Waals surface area contributed by atoms with Crippen molar-refractivity contribution in [3.8, 4) is 16.9 Å². The zero-order valence-corrected chi connectivity index (χ0v) is 23.2. The lowest BCUT2D eigenvalue weighted by Crippen LogP contribution is -2.26. The molecule has 0 spiro atoms. The summed E-state index contributed by atoms with van der Waals surface area (Å²) in [6.45, 7) is 6.52. The Kier molecular flexibility index (Phi) is 10.8. The fourth-order valence-corrected chi connectivity index (χ4v) is 6.73. The van der Waals surface area contributed by atoms with Gasteiger partial charge in [-0.05, 0) is 103 Å². The Morgan fingerprint density at radius 1 is 0.947 bits per heavy atom. The molecule has 0 bridgehead atoms. The van der Waals surface area contributed by atoms with Crippen molar-refractivity contribution in [3.63, 3.8) is 0 Å². The third kappa shape index (κ3) is 7.94. The predicted molar refractivity (Wildman–Crippen MR) is 155 cm³/mol. The molecule has 2 aromatic carbocycles. The average molecular weight is 520 g/mol. The summed E-state index contributed by atoms with van der Waals surface area (Å²) in [5.74, 6) is 3.52. The summed E-state index contributed by atoms with van der Waals surface area (Å²) in [5, 5.41) is 2.68. The molecule has 206 valence electrons. The van der Waals surface area contributed by atoms with Crippen molar-refractivity contribution in [2.45, 2.75) is 89.9 Å². The first-order chi connectivity index (χ1) is 18.6. The molecule has 2 aliphatic rings. The van der Waals surface area contributed by atoms with Gasteiger partial charge in [-0.1, -0.05) is 76.3 Å². The Bertz CT molecular complexity index is 1020. The highest BCUT2D eigenvalue weighted by atomic mass is 19.1. The number of carbonyl (C=O) groups is 1. The van der Waals surface area contributed by atoms with Gasteiger partial charge in [0.15, 0.2) is 0 Å². The van der Waals surface area contributed by atoms with E-state index in [1.54, 1.807) is 6.07 Å². The molecule has 38 heavy (non-hydrogen) atoms. The number of rotatable bonds is 12. The van der Waals surface area contributed by atoms with Gasteiger partial charge in [0.25, 0.3) is 0 Å². The molecule has 0 saturated heterocycles. The Morgan fingerprint density at radius 3 is 2.24 bits per heavy atom. The van der Waals surface area contributed by atoms with E-state index in [-0.39, 0.29) is 11.7 Å². The first kappa shape index (κ1) is 28.4. The number of hydrogen-bond donors (Lipinski definition) is 1. The van der Waals surface area contributed by atoms with Crippen LogP contribution >= 0.6 is 0 Å². The number of halogens is 1. The number of benzene rings is 2. The van der Waals surface area contributed by atoms with Gasteiger partial charge < -0.3 is 10.1 Å². The molecule has 1 amide bonds. The first-order valence-electron chi connectivity index (χ1n) is 15.0. The molecule has 3 nitrogen and oxygen atoms in total. The Hall–Kier alpha value is -2.62. The van der Waals surface area contributed by atoms with Gasteiger partial charge in [-0.15, -0.1) is 0 Å². The summed E-state index contributed by atoms with van der Waals surface area (Å²) in [4.78, 5) is 11.2. The van der Waals surface area contributed by atoms with Crippen LogP contribution in [0.2, 0.25) is 0 Å². The summed E-state index contributed by atoms with van der Waals surface area (Å²) in [6, 6.07) is 13.5. The highest BCUT2D eigenvalue weighted by molar-refractivity contribution is 5.86. The van der Waals surface area contributed by atoms with Crippen LogP contribution in [-0.4, -0.2) is 19.1 Å². The Balaban J connectivity index is 1.24. The van der Waals surface area contributed by atoms with Crippen molar-refractivity contribution >= 4 is 5.91 Å². The maximum absolute atomic E-state index is 15.3. The van der Waals surface area contributed by atoms with Crippen LogP contribution in [0.25, 0.3) is 11.1 Å². The number of amides is 1. The zero-order chi connectivity index (χ0) is 26.7. The van der Waals surface area contributed by atoms with Crippen LogP contribution in [0.3, 0.4) is 0 Å². The molecule has 1 N–H and O–H groups in total. The fourth-order valence-electron chi connectivity index (χ4n) is 6.73. The number of hydrogen-bond acceptors (Lipinski definition) is 2. The van der Waals surface area contributed by atoms with Crippen LogP contribution in [0.5, 0.6) is 5.75 Å². The van der Waals surface area contributed by atoms with Crippen LogP contribution in [0.1, 0.15) is 95.5 Å². The Labute approximate surface area is 229 Å². The first-order valence-corrected chi connectivity index (χ1v) is 15.0. The van der Waals surface area contributed by atoms with Gasteiger partial charge >= 0.3 is 0 Å². The smallest absolute Gasteiger partial charge is 0.243 e. The van der Waals surface area contributed by atoms with Crippen LogP contribution in [0.15, 0.2) is 55.1 Å². The van der Waals surface area contributed by atoms with E-state index >= 15 is 4.39 Å². The third-order valence-corrected chi connectivity index (χ3v) is 9.03. The van der Waals surface area contributed by atoms with E-state index in [1.165, 1.54) is 70.3 Å². The molecular formula is C34H46FNO2. The number of nitrogens with one attached hydrogen (secondary N) is 1. The summed E-state index contributed by atoms with van der Waals surface area (Å²) >= 11 is 0.